The molecule has 63 heavy (non-hydrogen) atoms. The molecule has 2 aromatic carbocycles. The topological polar surface area (TPSA) is 157 Å². The Balaban J connectivity index is 0.000000191. The number of amides is 3. The molecule has 6 heterocycles. The number of anilines is 2. The molecule has 0 saturated carbocycles. The lowest BCUT2D eigenvalue weighted by atomic mass is 10.0. The Morgan fingerprint density at radius 2 is 1.29 bits per heavy atom. The van der Waals surface area contributed by atoms with E-state index in [1.807, 2.05) is 37.3 Å². The molecule has 0 radical (unpaired) electrons. The Morgan fingerprint density at radius 3 is 1.83 bits per heavy atom. The SMILES string of the molecule is CC(=O)N1CCN(c2ccc(CNC(=O)c3cc4cccnc4nc3C)cc2C(F)(F)F)CC1.Cc1nc2ncccc2cc1C(=O)NCc1ccc(N2CCCCC2CO)cc1. The summed E-state index contributed by atoms with van der Waals surface area (Å²) in [4.78, 5) is 59.6. The van der Waals surface area contributed by atoms with Crippen molar-refractivity contribution in [2.75, 3.05) is 49.1 Å². The van der Waals surface area contributed by atoms with Crippen LogP contribution in [0.15, 0.2) is 91.3 Å². The van der Waals surface area contributed by atoms with Crippen LogP contribution in [0.3, 0.4) is 0 Å². The first-order chi connectivity index (χ1) is 30.3. The number of hydrogen-bond acceptors (Lipinski definition) is 10. The number of carbonyl (C=O) groups is 3. The largest absolute Gasteiger partial charge is 0.418 e. The molecule has 8 rings (SSSR count). The maximum Gasteiger partial charge on any atom is 0.418 e. The first-order valence-electron chi connectivity index (χ1n) is 21.0. The van der Waals surface area contributed by atoms with Gasteiger partial charge in [0.15, 0.2) is 11.3 Å². The second-order valence-corrected chi connectivity index (χ2v) is 15.7. The highest BCUT2D eigenvalue weighted by Gasteiger charge is 2.36. The molecule has 2 saturated heterocycles. The Hall–Kier alpha value is -6.68. The summed E-state index contributed by atoms with van der Waals surface area (Å²) in [5, 5.41) is 16.9. The van der Waals surface area contributed by atoms with Crippen molar-refractivity contribution in [2.45, 2.75) is 65.3 Å². The molecule has 2 fully saturated rings. The summed E-state index contributed by atoms with van der Waals surface area (Å²) in [6.45, 7) is 7.91. The molecule has 13 nitrogen and oxygen atoms in total. The van der Waals surface area contributed by atoms with Gasteiger partial charge in [-0.1, -0.05) is 18.2 Å². The van der Waals surface area contributed by atoms with Crippen molar-refractivity contribution in [1.29, 1.82) is 0 Å². The molecular formula is C47H50F3N9O4. The van der Waals surface area contributed by atoms with Crippen molar-refractivity contribution in [3.05, 3.63) is 130 Å². The average molecular weight is 862 g/mol. The molecule has 1 unspecified atom stereocenters. The molecule has 0 aliphatic carbocycles. The van der Waals surface area contributed by atoms with Gasteiger partial charge < -0.3 is 30.4 Å². The number of carbonyl (C=O) groups excluding carboxylic acids is 3. The van der Waals surface area contributed by atoms with E-state index in [0.29, 0.717) is 77.5 Å². The lowest BCUT2D eigenvalue weighted by Crippen LogP contribution is -2.48. The Kier molecular flexibility index (Phi) is 13.8. The van der Waals surface area contributed by atoms with Gasteiger partial charge in [-0.25, -0.2) is 19.9 Å². The van der Waals surface area contributed by atoms with Crippen LogP contribution in [0.4, 0.5) is 24.5 Å². The minimum absolute atomic E-state index is 0.0647. The van der Waals surface area contributed by atoms with E-state index in [4.69, 9.17) is 0 Å². The molecule has 3 amide bonds. The summed E-state index contributed by atoms with van der Waals surface area (Å²) in [6, 6.07) is 23.3. The second-order valence-electron chi connectivity index (χ2n) is 15.7. The number of fused-ring (bicyclic) bond motifs is 2. The van der Waals surface area contributed by atoms with Crippen LogP contribution < -0.4 is 20.4 Å². The first-order valence-corrected chi connectivity index (χ1v) is 21.0. The van der Waals surface area contributed by atoms with Crippen LogP contribution >= 0.6 is 0 Å². The molecule has 328 valence electrons. The van der Waals surface area contributed by atoms with Crippen LogP contribution in [0, 0.1) is 13.8 Å². The molecule has 4 aromatic heterocycles. The molecule has 2 aliphatic heterocycles. The number of rotatable bonds is 9. The average Bonchev–Trinajstić information content (AvgIpc) is 3.29. The third kappa shape index (κ3) is 10.7. The van der Waals surface area contributed by atoms with Crippen molar-refractivity contribution in [1.82, 2.24) is 35.5 Å². The van der Waals surface area contributed by atoms with Gasteiger partial charge in [-0.2, -0.15) is 13.2 Å². The smallest absolute Gasteiger partial charge is 0.394 e. The molecule has 0 bridgehead atoms. The van der Waals surface area contributed by atoms with Crippen molar-refractivity contribution in [2.24, 2.45) is 0 Å². The number of pyridine rings is 4. The number of piperazine rings is 1. The van der Waals surface area contributed by atoms with Gasteiger partial charge in [0, 0.05) is 87.3 Å². The van der Waals surface area contributed by atoms with Gasteiger partial charge in [0.05, 0.1) is 40.7 Å². The number of nitrogens with zero attached hydrogens (tertiary/aromatic N) is 7. The van der Waals surface area contributed by atoms with Crippen molar-refractivity contribution in [3.63, 3.8) is 0 Å². The highest BCUT2D eigenvalue weighted by molar-refractivity contribution is 5.99. The van der Waals surface area contributed by atoms with Gasteiger partial charge in [-0.05, 0) is 105 Å². The number of aliphatic hydroxyl groups is 1. The zero-order valence-corrected chi connectivity index (χ0v) is 35.5. The molecule has 3 N–H and O–H groups in total. The molecule has 16 heteroatoms. The molecule has 6 aromatic rings. The van der Waals surface area contributed by atoms with Crippen LogP contribution in [0.5, 0.6) is 0 Å². The minimum Gasteiger partial charge on any atom is -0.394 e. The third-order valence-corrected chi connectivity index (χ3v) is 11.5. The van der Waals surface area contributed by atoms with Crippen LogP contribution in [0.1, 0.15) is 75.0 Å². The van der Waals surface area contributed by atoms with Crippen LogP contribution in [0.25, 0.3) is 22.1 Å². The van der Waals surface area contributed by atoms with Crippen LogP contribution in [0.2, 0.25) is 0 Å². The van der Waals surface area contributed by atoms with Crippen LogP contribution in [-0.4, -0.2) is 93.0 Å². The zero-order chi connectivity index (χ0) is 44.7. The van der Waals surface area contributed by atoms with E-state index < -0.39 is 17.6 Å². The van der Waals surface area contributed by atoms with E-state index in [1.165, 1.54) is 19.4 Å². The third-order valence-electron chi connectivity index (χ3n) is 11.5. The van der Waals surface area contributed by atoms with Gasteiger partial charge in [0.25, 0.3) is 11.8 Å². The van der Waals surface area contributed by atoms with Gasteiger partial charge in [-0.3, -0.25) is 14.4 Å². The Labute approximate surface area is 363 Å². The van der Waals surface area contributed by atoms with Gasteiger partial charge in [0.1, 0.15) is 0 Å². The van der Waals surface area contributed by atoms with Crippen LogP contribution in [-0.2, 0) is 24.1 Å². The lowest BCUT2D eigenvalue weighted by Gasteiger charge is -2.36. The monoisotopic (exact) mass is 861 g/mol. The Bertz CT molecular complexity index is 2600. The number of nitrogens with one attached hydrogen (secondary N) is 2. The quantitative estimate of drug-likeness (QED) is 0.142. The molecule has 2 aliphatic rings. The number of aromatic nitrogens is 4. The fraction of sp³-hybridized carbons (Fsp3) is 0.340. The highest BCUT2D eigenvalue weighted by Crippen LogP contribution is 2.38. The minimum atomic E-state index is -4.56. The summed E-state index contributed by atoms with van der Waals surface area (Å²) in [5.74, 6) is -0.648. The number of alkyl halides is 3. The Morgan fingerprint density at radius 1 is 0.730 bits per heavy atom. The summed E-state index contributed by atoms with van der Waals surface area (Å²) in [7, 11) is 0. The molecule has 1 atom stereocenters. The number of hydrogen-bond donors (Lipinski definition) is 3. The van der Waals surface area contributed by atoms with Gasteiger partial charge in [-0.15, -0.1) is 0 Å². The predicted molar refractivity (Wildman–Crippen MR) is 235 cm³/mol. The number of benzene rings is 2. The maximum absolute atomic E-state index is 13.9. The summed E-state index contributed by atoms with van der Waals surface area (Å²) in [6.07, 6.45) is 2.11. The predicted octanol–water partition coefficient (Wildman–Crippen LogP) is 6.77. The fourth-order valence-corrected chi connectivity index (χ4v) is 8.00. The van der Waals surface area contributed by atoms with Crippen molar-refractivity contribution >= 4 is 51.2 Å². The van der Waals surface area contributed by atoms with Gasteiger partial charge in [0.2, 0.25) is 5.91 Å². The maximum atomic E-state index is 13.9. The number of aliphatic hydroxyl groups excluding tert-OH is 1. The second kappa shape index (κ2) is 19.6. The standard InChI is InChI=1S/C24H24F3N5O2.C23H26N4O2/c1-15-19(13-18-4-3-7-28-22(18)30-15)23(34)29-14-17-5-6-21(20(12-17)24(25,26)27)32-10-8-31(9-11-32)16(2)33;1-16-21(13-18-5-4-11-24-22(18)26-16)23(29)25-14-17-7-9-19(10-8-17)27-12-3-2-6-20(27)15-28/h3-7,12-13H,8-11,14H2,1-2H3,(H,29,34);4-5,7-11,13,20,28H,2-3,6,12,14-15H2,1H3,(H,25,29). The van der Waals surface area contributed by atoms with E-state index in [0.717, 1.165) is 42.1 Å². The first kappa shape index (κ1) is 44.4. The van der Waals surface area contributed by atoms with E-state index in [2.05, 4.69) is 47.6 Å². The fourth-order valence-electron chi connectivity index (χ4n) is 8.00. The molecule has 0 spiro atoms. The number of halogens is 3. The van der Waals surface area contributed by atoms with Crippen molar-refractivity contribution in [3.8, 4) is 0 Å². The summed E-state index contributed by atoms with van der Waals surface area (Å²) >= 11 is 0. The highest BCUT2D eigenvalue weighted by atomic mass is 19.4. The van der Waals surface area contributed by atoms with Crippen molar-refractivity contribution < 1.29 is 32.7 Å². The van der Waals surface area contributed by atoms with E-state index in [-0.39, 0.29) is 36.7 Å². The van der Waals surface area contributed by atoms with E-state index in [1.54, 1.807) is 53.4 Å². The summed E-state index contributed by atoms with van der Waals surface area (Å²) < 4.78 is 41.6. The van der Waals surface area contributed by atoms with Gasteiger partial charge >= 0.3 is 6.18 Å². The number of piperidine rings is 1. The zero-order valence-electron chi connectivity index (χ0n) is 35.5. The van der Waals surface area contributed by atoms with E-state index >= 15 is 0 Å². The lowest BCUT2D eigenvalue weighted by molar-refractivity contribution is -0.137. The van der Waals surface area contributed by atoms with E-state index in [9.17, 15) is 32.7 Å². The normalized spacial score (nSPS) is 15.5. The molecular weight excluding hydrogens is 812 g/mol. The summed E-state index contributed by atoms with van der Waals surface area (Å²) in [5.41, 5.74) is 5.05. The number of aryl methyl sites for hydroxylation is 2.